The van der Waals surface area contributed by atoms with Gasteiger partial charge in [-0.25, -0.2) is 13.1 Å². The first-order valence-electron chi connectivity index (χ1n) is 6.56. The van der Waals surface area contributed by atoms with Crippen molar-refractivity contribution in [2.45, 2.75) is 30.8 Å². The Balaban J connectivity index is 2.05. The number of aliphatic hydroxyl groups excluding tert-OH is 1. The van der Waals surface area contributed by atoms with E-state index in [0.717, 1.165) is 0 Å². The first-order valence-corrected chi connectivity index (χ1v) is 8.04. The first-order chi connectivity index (χ1) is 10.0. The minimum atomic E-state index is -3.63. The van der Waals surface area contributed by atoms with Crippen molar-refractivity contribution in [3.05, 3.63) is 42.0 Å². The molecule has 0 saturated carbocycles. The molecule has 0 saturated heterocycles. The molecular weight excluding hydrogens is 294 g/mol. The predicted octanol–water partition coefficient (Wildman–Crippen LogP) is 1.03. The van der Waals surface area contributed by atoms with E-state index in [1.165, 1.54) is 18.5 Å². The van der Waals surface area contributed by atoms with Gasteiger partial charge in [0.05, 0.1) is 11.0 Å². The van der Waals surface area contributed by atoms with E-state index in [1.54, 1.807) is 12.1 Å². The summed E-state index contributed by atoms with van der Waals surface area (Å²) < 4.78 is 31.4. The van der Waals surface area contributed by atoms with Gasteiger partial charge in [0, 0.05) is 13.0 Å². The van der Waals surface area contributed by atoms with Gasteiger partial charge in [-0.05, 0) is 24.1 Å². The Kier molecular flexibility index (Phi) is 5.05. The summed E-state index contributed by atoms with van der Waals surface area (Å²) in [6.45, 7) is 2.00. The maximum absolute atomic E-state index is 12.2. The van der Waals surface area contributed by atoms with Crippen LogP contribution in [0.3, 0.4) is 0 Å². The van der Waals surface area contributed by atoms with Crippen molar-refractivity contribution >= 4 is 10.0 Å². The molecule has 2 aromatic rings. The van der Waals surface area contributed by atoms with Gasteiger partial charge in [-0.3, -0.25) is 0 Å². The van der Waals surface area contributed by atoms with Crippen molar-refractivity contribution in [3.8, 4) is 0 Å². The molecule has 1 aromatic heterocycles. The third-order valence-electron chi connectivity index (χ3n) is 2.99. The molecule has 1 unspecified atom stereocenters. The molecule has 0 aliphatic carbocycles. The van der Waals surface area contributed by atoms with E-state index in [4.69, 9.17) is 0 Å². The molecule has 1 atom stereocenters. The largest absolute Gasteiger partial charge is 0.388 e. The van der Waals surface area contributed by atoms with E-state index >= 15 is 0 Å². The maximum Gasteiger partial charge on any atom is 0.240 e. The zero-order valence-electron chi connectivity index (χ0n) is 11.6. The number of rotatable bonds is 7. The van der Waals surface area contributed by atoms with Gasteiger partial charge in [0.25, 0.3) is 0 Å². The lowest BCUT2D eigenvalue weighted by atomic mass is 10.1. The van der Waals surface area contributed by atoms with Crippen molar-refractivity contribution < 1.29 is 18.0 Å². The summed E-state index contributed by atoms with van der Waals surface area (Å²) in [5, 5.41) is 13.4. The molecule has 0 aliphatic heterocycles. The van der Waals surface area contributed by atoms with Gasteiger partial charge in [0.2, 0.25) is 16.4 Å². The predicted molar refractivity (Wildman–Crippen MR) is 74.9 cm³/mol. The summed E-state index contributed by atoms with van der Waals surface area (Å²) in [5.41, 5.74) is 0.582. The molecule has 8 heteroatoms. The van der Waals surface area contributed by atoms with Crippen molar-refractivity contribution in [2.24, 2.45) is 0 Å². The summed E-state index contributed by atoms with van der Waals surface area (Å²) in [4.78, 5) is 3.94. The van der Waals surface area contributed by atoms with Crippen LogP contribution in [0, 0.1) is 0 Å². The summed E-state index contributed by atoms with van der Waals surface area (Å²) in [7, 11) is -3.63. The van der Waals surface area contributed by atoms with E-state index in [-0.39, 0.29) is 11.4 Å². The summed E-state index contributed by atoms with van der Waals surface area (Å²) >= 11 is 0. The molecule has 0 spiro atoms. The molecule has 21 heavy (non-hydrogen) atoms. The van der Waals surface area contributed by atoms with Gasteiger partial charge in [-0.15, -0.1) is 0 Å². The second-order valence-corrected chi connectivity index (χ2v) is 6.26. The van der Waals surface area contributed by atoms with Crippen molar-refractivity contribution in [2.75, 3.05) is 6.54 Å². The van der Waals surface area contributed by atoms with Crippen molar-refractivity contribution in [3.63, 3.8) is 0 Å². The van der Waals surface area contributed by atoms with E-state index in [0.29, 0.717) is 24.2 Å². The van der Waals surface area contributed by atoms with Crippen LogP contribution < -0.4 is 4.72 Å². The van der Waals surface area contributed by atoms with Gasteiger partial charge in [-0.2, -0.15) is 4.98 Å². The summed E-state index contributed by atoms with van der Waals surface area (Å²) in [6.07, 6.45) is 1.39. The molecule has 0 fully saturated rings. The normalized spacial score (nSPS) is 13.2. The Labute approximate surface area is 123 Å². The smallest absolute Gasteiger partial charge is 0.240 e. The Hall–Kier alpha value is -1.77. The minimum absolute atomic E-state index is 0.126. The average molecular weight is 311 g/mol. The third-order valence-corrected chi connectivity index (χ3v) is 4.45. The molecule has 2 N–H and O–H groups in total. The second-order valence-electron chi connectivity index (χ2n) is 4.49. The van der Waals surface area contributed by atoms with E-state index in [9.17, 15) is 13.5 Å². The maximum atomic E-state index is 12.2. The number of benzene rings is 1. The van der Waals surface area contributed by atoms with Crippen molar-refractivity contribution in [1.29, 1.82) is 0 Å². The Morgan fingerprint density at radius 1 is 1.43 bits per heavy atom. The number of aliphatic hydroxyl groups is 1. The molecule has 0 aliphatic rings. The van der Waals surface area contributed by atoms with Gasteiger partial charge < -0.3 is 9.63 Å². The highest BCUT2D eigenvalue weighted by Crippen LogP contribution is 2.19. The number of nitrogens with one attached hydrogen (secondary N) is 1. The fourth-order valence-electron chi connectivity index (χ4n) is 1.81. The van der Waals surface area contributed by atoms with E-state index in [2.05, 4.69) is 19.4 Å². The van der Waals surface area contributed by atoms with Crippen LogP contribution in [0.5, 0.6) is 0 Å². The molecule has 0 radical (unpaired) electrons. The lowest BCUT2D eigenvalue weighted by Gasteiger charge is -2.11. The van der Waals surface area contributed by atoms with Crippen LogP contribution in [0.25, 0.3) is 0 Å². The lowest BCUT2D eigenvalue weighted by molar-refractivity contribution is 0.173. The molecular formula is C13H17N3O4S. The minimum Gasteiger partial charge on any atom is -0.388 e. The Bertz CT molecular complexity index is 670. The highest BCUT2D eigenvalue weighted by Gasteiger charge is 2.16. The number of sulfonamides is 1. The van der Waals surface area contributed by atoms with Gasteiger partial charge >= 0.3 is 0 Å². The Morgan fingerprint density at radius 3 is 2.90 bits per heavy atom. The molecule has 114 valence electrons. The SMILES string of the molecule is CCC(O)c1cccc(S(=O)(=O)NCCc2ncon2)c1. The number of nitrogens with zero attached hydrogens (tertiary/aromatic N) is 2. The average Bonchev–Trinajstić information content (AvgIpc) is 2.99. The summed E-state index contributed by atoms with van der Waals surface area (Å²) in [6, 6.07) is 6.28. The molecule has 0 bridgehead atoms. The van der Waals surface area contributed by atoms with Gasteiger partial charge in [0.1, 0.15) is 0 Å². The van der Waals surface area contributed by atoms with Gasteiger partial charge in [0.15, 0.2) is 5.82 Å². The number of aromatic nitrogens is 2. The third kappa shape index (κ3) is 4.10. The van der Waals surface area contributed by atoms with Crippen LogP contribution in [0.15, 0.2) is 40.1 Å². The van der Waals surface area contributed by atoms with E-state index in [1.807, 2.05) is 6.92 Å². The van der Waals surface area contributed by atoms with Crippen LogP contribution in [-0.2, 0) is 16.4 Å². The lowest BCUT2D eigenvalue weighted by Crippen LogP contribution is -2.26. The summed E-state index contributed by atoms with van der Waals surface area (Å²) in [5.74, 6) is 0.438. The number of hydrogen-bond donors (Lipinski definition) is 2. The molecule has 2 rings (SSSR count). The zero-order chi connectivity index (χ0) is 15.3. The van der Waals surface area contributed by atoms with Crippen LogP contribution in [0.2, 0.25) is 0 Å². The highest BCUT2D eigenvalue weighted by molar-refractivity contribution is 7.89. The van der Waals surface area contributed by atoms with Crippen molar-refractivity contribution in [1.82, 2.24) is 14.9 Å². The highest BCUT2D eigenvalue weighted by atomic mass is 32.2. The van der Waals surface area contributed by atoms with Gasteiger partial charge in [-0.1, -0.05) is 24.2 Å². The van der Waals surface area contributed by atoms with Crippen LogP contribution in [0.4, 0.5) is 0 Å². The van der Waals surface area contributed by atoms with Crippen LogP contribution >= 0.6 is 0 Å². The second kappa shape index (κ2) is 6.79. The number of hydrogen-bond acceptors (Lipinski definition) is 6. The molecule has 0 amide bonds. The zero-order valence-corrected chi connectivity index (χ0v) is 12.4. The fourth-order valence-corrected chi connectivity index (χ4v) is 2.89. The Morgan fingerprint density at radius 2 is 2.24 bits per heavy atom. The quantitative estimate of drug-likeness (QED) is 0.791. The molecule has 7 nitrogen and oxygen atoms in total. The standard InChI is InChI=1S/C13H17N3O4S/c1-2-12(17)10-4-3-5-11(8-10)21(18,19)15-7-6-13-14-9-20-16-13/h3-5,8-9,12,15,17H,2,6-7H2,1H3. The van der Waals surface area contributed by atoms with E-state index < -0.39 is 16.1 Å². The molecule has 1 heterocycles. The first kappa shape index (κ1) is 15.6. The van der Waals surface area contributed by atoms with Crippen LogP contribution in [-0.4, -0.2) is 30.2 Å². The fraction of sp³-hybridized carbons (Fsp3) is 0.385. The monoisotopic (exact) mass is 311 g/mol. The molecule has 1 aromatic carbocycles. The van der Waals surface area contributed by atoms with Crippen LogP contribution in [0.1, 0.15) is 30.8 Å². The topological polar surface area (TPSA) is 105 Å².